The van der Waals surface area contributed by atoms with Crippen molar-refractivity contribution < 1.29 is 14.3 Å². The van der Waals surface area contributed by atoms with E-state index in [-0.39, 0.29) is 11.9 Å². The predicted molar refractivity (Wildman–Crippen MR) is 141 cm³/mol. The second kappa shape index (κ2) is 11.9. The van der Waals surface area contributed by atoms with Gasteiger partial charge in [0.15, 0.2) is 0 Å². The summed E-state index contributed by atoms with van der Waals surface area (Å²) >= 11 is 0. The Morgan fingerprint density at radius 3 is 2.44 bits per heavy atom. The van der Waals surface area contributed by atoms with Crippen LogP contribution in [0, 0.1) is 13.8 Å². The van der Waals surface area contributed by atoms with Crippen molar-refractivity contribution in [1.82, 2.24) is 20.0 Å². The van der Waals surface area contributed by atoms with Gasteiger partial charge < -0.3 is 15.0 Å². The monoisotopic (exact) mass is 489 g/mol. The van der Waals surface area contributed by atoms with Gasteiger partial charge in [-0.25, -0.2) is 9.48 Å². The average molecular weight is 490 g/mol. The average Bonchev–Trinajstić information content (AvgIpc) is 3.28. The standard InChI is InChI=1S/C28H35N5O3/c1-4-36-28(35)26-20-30-33(22(26)3)24-11-9-23(10-12-24)27(34)29-13-6-14-31-15-17-32(18-16-31)25-8-5-7-21(2)19-25/h5,7-12,19-20H,4,6,13-18H2,1-3H3,(H,29,34). The maximum Gasteiger partial charge on any atom is 0.341 e. The van der Waals surface area contributed by atoms with Crippen LogP contribution >= 0.6 is 0 Å². The molecule has 1 fully saturated rings. The SMILES string of the molecule is CCOC(=O)c1cnn(-c2ccc(C(=O)NCCCN3CCN(c4cccc(C)c4)CC3)cc2)c1C. The minimum Gasteiger partial charge on any atom is -0.462 e. The van der Waals surface area contributed by atoms with Gasteiger partial charge in [-0.15, -0.1) is 0 Å². The molecular weight excluding hydrogens is 454 g/mol. The van der Waals surface area contributed by atoms with Gasteiger partial charge in [0.05, 0.1) is 24.2 Å². The number of piperazine rings is 1. The molecule has 2 aromatic carbocycles. The Hall–Kier alpha value is -3.65. The molecule has 0 atom stereocenters. The lowest BCUT2D eigenvalue weighted by Crippen LogP contribution is -2.47. The quantitative estimate of drug-likeness (QED) is 0.365. The summed E-state index contributed by atoms with van der Waals surface area (Å²) in [4.78, 5) is 29.5. The summed E-state index contributed by atoms with van der Waals surface area (Å²) in [6, 6.07) is 15.9. The number of amides is 1. The lowest BCUT2D eigenvalue weighted by molar-refractivity contribution is 0.0525. The molecule has 0 spiro atoms. The van der Waals surface area contributed by atoms with Crippen LogP contribution in [0.1, 0.15) is 45.3 Å². The van der Waals surface area contributed by atoms with Crippen LogP contribution in [0.15, 0.2) is 54.7 Å². The van der Waals surface area contributed by atoms with Gasteiger partial charge in [0.1, 0.15) is 5.56 Å². The number of nitrogens with one attached hydrogen (secondary N) is 1. The van der Waals surface area contributed by atoms with E-state index in [1.807, 2.05) is 19.1 Å². The third kappa shape index (κ3) is 6.12. The Bertz CT molecular complexity index is 1180. The minimum atomic E-state index is -0.384. The summed E-state index contributed by atoms with van der Waals surface area (Å²) in [7, 11) is 0. The van der Waals surface area contributed by atoms with Crippen LogP contribution in [-0.4, -0.2) is 72.4 Å². The van der Waals surface area contributed by atoms with Gasteiger partial charge in [-0.2, -0.15) is 5.10 Å². The molecule has 4 rings (SSSR count). The summed E-state index contributed by atoms with van der Waals surface area (Å²) < 4.78 is 6.74. The first-order valence-electron chi connectivity index (χ1n) is 12.6. The highest BCUT2D eigenvalue weighted by molar-refractivity contribution is 5.94. The van der Waals surface area contributed by atoms with Gasteiger partial charge >= 0.3 is 5.97 Å². The van der Waals surface area contributed by atoms with Crippen molar-refractivity contribution >= 4 is 17.6 Å². The molecule has 2 heterocycles. The van der Waals surface area contributed by atoms with E-state index in [0.717, 1.165) is 44.8 Å². The van der Waals surface area contributed by atoms with E-state index in [1.165, 1.54) is 17.4 Å². The van der Waals surface area contributed by atoms with Crippen molar-refractivity contribution in [3.8, 4) is 5.69 Å². The van der Waals surface area contributed by atoms with Crippen LogP contribution < -0.4 is 10.2 Å². The molecule has 1 N–H and O–H groups in total. The largest absolute Gasteiger partial charge is 0.462 e. The van der Waals surface area contributed by atoms with Crippen molar-refractivity contribution in [1.29, 1.82) is 0 Å². The molecule has 0 radical (unpaired) electrons. The van der Waals surface area contributed by atoms with E-state index in [9.17, 15) is 9.59 Å². The Morgan fingerprint density at radius 1 is 1.00 bits per heavy atom. The van der Waals surface area contributed by atoms with Crippen LogP contribution in [0.25, 0.3) is 5.69 Å². The highest BCUT2D eigenvalue weighted by Crippen LogP contribution is 2.18. The highest BCUT2D eigenvalue weighted by atomic mass is 16.5. The molecule has 0 unspecified atom stereocenters. The minimum absolute atomic E-state index is 0.0878. The summed E-state index contributed by atoms with van der Waals surface area (Å²) in [6.45, 7) is 11.8. The van der Waals surface area contributed by atoms with Gasteiger partial charge in [0, 0.05) is 44.0 Å². The van der Waals surface area contributed by atoms with Crippen molar-refractivity contribution in [2.45, 2.75) is 27.2 Å². The third-order valence-electron chi connectivity index (χ3n) is 6.55. The van der Waals surface area contributed by atoms with Crippen LogP contribution in [0.3, 0.4) is 0 Å². The first-order chi connectivity index (χ1) is 17.5. The molecule has 190 valence electrons. The number of ether oxygens (including phenoxy) is 1. The highest BCUT2D eigenvalue weighted by Gasteiger charge is 2.18. The molecule has 1 saturated heterocycles. The molecule has 1 aliphatic heterocycles. The Kier molecular flexibility index (Phi) is 8.38. The number of hydrogen-bond donors (Lipinski definition) is 1. The molecule has 36 heavy (non-hydrogen) atoms. The van der Waals surface area contributed by atoms with Crippen LogP contribution in [-0.2, 0) is 4.74 Å². The fraction of sp³-hybridized carbons (Fsp3) is 0.393. The maximum absolute atomic E-state index is 12.6. The molecule has 8 nitrogen and oxygen atoms in total. The molecular formula is C28H35N5O3. The zero-order valence-corrected chi connectivity index (χ0v) is 21.4. The fourth-order valence-electron chi connectivity index (χ4n) is 4.49. The molecule has 0 saturated carbocycles. The predicted octanol–water partition coefficient (Wildman–Crippen LogP) is 3.61. The molecule has 3 aromatic rings. The van der Waals surface area contributed by atoms with Gasteiger partial charge in [-0.3, -0.25) is 9.69 Å². The van der Waals surface area contributed by atoms with Crippen molar-refractivity contribution in [3.63, 3.8) is 0 Å². The smallest absolute Gasteiger partial charge is 0.341 e. The number of carbonyl (C=O) groups is 2. The fourth-order valence-corrected chi connectivity index (χ4v) is 4.49. The number of aryl methyl sites for hydroxylation is 1. The Morgan fingerprint density at radius 2 is 1.75 bits per heavy atom. The van der Waals surface area contributed by atoms with Gasteiger partial charge in [0.2, 0.25) is 0 Å². The number of esters is 1. The van der Waals surface area contributed by atoms with Crippen LogP contribution in [0.4, 0.5) is 5.69 Å². The summed E-state index contributed by atoms with van der Waals surface area (Å²) in [5.74, 6) is -0.472. The maximum atomic E-state index is 12.6. The molecule has 8 heteroatoms. The van der Waals surface area contributed by atoms with Crippen LogP contribution in [0.2, 0.25) is 0 Å². The van der Waals surface area contributed by atoms with Gasteiger partial charge in [-0.1, -0.05) is 12.1 Å². The number of rotatable bonds is 9. The summed E-state index contributed by atoms with van der Waals surface area (Å²) in [5.41, 5.74) is 5.11. The van der Waals surface area contributed by atoms with Gasteiger partial charge in [0.25, 0.3) is 5.91 Å². The lowest BCUT2D eigenvalue weighted by Gasteiger charge is -2.36. The number of nitrogens with zero attached hydrogens (tertiary/aromatic N) is 4. The number of benzene rings is 2. The molecule has 0 aliphatic carbocycles. The van der Waals surface area contributed by atoms with Gasteiger partial charge in [-0.05, 0) is 75.7 Å². The van der Waals surface area contributed by atoms with Crippen molar-refractivity contribution in [2.24, 2.45) is 0 Å². The third-order valence-corrected chi connectivity index (χ3v) is 6.55. The summed E-state index contributed by atoms with van der Waals surface area (Å²) in [5, 5.41) is 7.33. The van der Waals surface area contributed by atoms with E-state index < -0.39 is 0 Å². The molecule has 1 amide bonds. The number of hydrogen-bond acceptors (Lipinski definition) is 6. The van der Waals surface area contributed by atoms with Crippen LogP contribution in [0.5, 0.6) is 0 Å². The zero-order valence-electron chi connectivity index (χ0n) is 21.4. The Balaban J connectivity index is 1.21. The van der Waals surface area contributed by atoms with Crippen molar-refractivity contribution in [2.75, 3.05) is 50.8 Å². The number of carbonyl (C=O) groups excluding carboxylic acids is 2. The van der Waals surface area contributed by atoms with E-state index in [1.54, 1.807) is 23.7 Å². The van der Waals surface area contributed by atoms with E-state index >= 15 is 0 Å². The normalized spacial score (nSPS) is 14.0. The molecule has 0 bridgehead atoms. The second-order valence-corrected chi connectivity index (χ2v) is 9.10. The molecule has 1 aromatic heterocycles. The van der Waals surface area contributed by atoms with E-state index in [0.29, 0.717) is 30.0 Å². The number of aromatic nitrogens is 2. The topological polar surface area (TPSA) is 79.7 Å². The first-order valence-corrected chi connectivity index (χ1v) is 12.6. The van der Waals surface area contributed by atoms with E-state index in [4.69, 9.17) is 4.74 Å². The second-order valence-electron chi connectivity index (χ2n) is 9.10. The first kappa shape index (κ1) is 25.4. The summed E-state index contributed by atoms with van der Waals surface area (Å²) in [6.07, 6.45) is 2.42. The van der Waals surface area contributed by atoms with E-state index in [2.05, 4.69) is 51.4 Å². The lowest BCUT2D eigenvalue weighted by atomic mass is 10.2. The Labute approximate surface area is 212 Å². The zero-order chi connectivity index (χ0) is 25.5. The molecule has 1 aliphatic rings. The van der Waals surface area contributed by atoms with Crippen molar-refractivity contribution in [3.05, 3.63) is 77.1 Å². The number of anilines is 1.